The highest BCUT2D eigenvalue weighted by atomic mass is 79.9. The van der Waals surface area contributed by atoms with Gasteiger partial charge in [0.15, 0.2) is 0 Å². The van der Waals surface area contributed by atoms with E-state index in [0.717, 1.165) is 23.4 Å². The van der Waals surface area contributed by atoms with Crippen LogP contribution in [0.3, 0.4) is 0 Å². The van der Waals surface area contributed by atoms with E-state index in [1.54, 1.807) is 11.3 Å². The molecule has 2 rings (SSSR count). The number of thiophene rings is 1. The fourth-order valence-electron chi connectivity index (χ4n) is 1.85. The normalized spacial score (nSPS) is 11.1. The molecule has 0 aliphatic heterocycles. The smallest absolute Gasteiger partial charge is 0.128 e. The minimum atomic E-state index is 0.493. The van der Waals surface area contributed by atoms with E-state index in [1.165, 1.54) is 10.4 Å². The summed E-state index contributed by atoms with van der Waals surface area (Å²) < 4.78 is 1.15. The van der Waals surface area contributed by atoms with Crippen molar-refractivity contribution in [1.82, 2.24) is 10.3 Å². The zero-order valence-electron chi connectivity index (χ0n) is 12.1. The first kappa shape index (κ1) is 15.5. The highest BCUT2D eigenvalue weighted by Crippen LogP contribution is 2.22. The molecule has 0 atom stereocenters. The number of pyridine rings is 1. The summed E-state index contributed by atoms with van der Waals surface area (Å²) in [7, 11) is 2.08. The van der Waals surface area contributed by atoms with E-state index in [-0.39, 0.29) is 0 Å². The Balaban J connectivity index is 2.02. The number of hydrogen-bond donors (Lipinski definition) is 1. The van der Waals surface area contributed by atoms with Gasteiger partial charge in [0, 0.05) is 40.6 Å². The largest absolute Gasteiger partial charge is 0.355 e. The molecule has 20 heavy (non-hydrogen) atoms. The van der Waals surface area contributed by atoms with Gasteiger partial charge in [-0.25, -0.2) is 4.98 Å². The fraction of sp³-hybridized carbons (Fsp3) is 0.400. The Hall–Kier alpha value is -0.910. The maximum Gasteiger partial charge on any atom is 0.128 e. The van der Waals surface area contributed by atoms with E-state index in [1.807, 2.05) is 6.20 Å². The summed E-state index contributed by atoms with van der Waals surface area (Å²) >= 11 is 5.25. The van der Waals surface area contributed by atoms with Crippen molar-refractivity contribution in [3.05, 3.63) is 44.7 Å². The van der Waals surface area contributed by atoms with Crippen LogP contribution >= 0.6 is 27.3 Å². The minimum Gasteiger partial charge on any atom is -0.355 e. The molecule has 0 aromatic carbocycles. The molecule has 0 aliphatic carbocycles. The predicted molar refractivity (Wildman–Crippen MR) is 90.3 cm³/mol. The second kappa shape index (κ2) is 7.20. The van der Waals surface area contributed by atoms with Crippen LogP contribution in [0.1, 0.15) is 24.3 Å². The first-order valence-electron chi connectivity index (χ1n) is 6.67. The van der Waals surface area contributed by atoms with Gasteiger partial charge in [0.05, 0.1) is 6.54 Å². The van der Waals surface area contributed by atoms with Gasteiger partial charge >= 0.3 is 0 Å². The van der Waals surface area contributed by atoms with Crippen LogP contribution in [0.25, 0.3) is 0 Å². The molecule has 0 saturated carbocycles. The van der Waals surface area contributed by atoms with Gasteiger partial charge in [-0.3, -0.25) is 0 Å². The molecule has 0 bridgehead atoms. The summed E-state index contributed by atoms with van der Waals surface area (Å²) in [5.41, 5.74) is 1.27. The summed E-state index contributed by atoms with van der Waals surface area (Å²) in [4.78, 5) is 7.96. The Labute approximate surface area is 133 Å². The first-order chi connectivity index (χ1) is 9.54. The van der Waals surface area contributed by atoms with Crippen LogP contribution in [0.15, 0.2) is 34.2 Å². The average Bonchev–Trinajstić information content (AvgIpc) is 2.82. The number of nitrogens with one attached hydrogen (secondary N) is 1. The van der Waals surface area contributed by atoms with E-state index in [4.69, 9.17) is 0 Å². The molecule has 0 aliphatic rings. The van der Waals surface area contributed by atoms with Crippen LogP contribution in [0.5, 0.6) is 0 Å². The summed E-state index contributed by atoms with van der Waals surface area (Å²) in [6.07, 6.45) is 1.88. The summed E-state index contributed by atoms with van der Waals surface area (Å²) in [5.74, 6) is 1.01. The maximum atomic E-state index is 4.46. The van der Waals surface area contributed by atoms with E-state index in [9.17, 15) is 0 Å². The quantitative estimate of drug-likeness (QED) is 0.849. The lowest BCUT2D eigenvalue weighted by molar-refractivity contribution is 0.588. The van der Waals surface area contributed by atoms with Crippen LogP contribution in [0.4, 0.5) is 5.82 Å². The molecule has 1 N–H and O–H groups in total. The minimum absolute atomic E-state index is 0.493. The standard InChI is InChI=1S/C15H20BrN3S/c1-11(2)18-8-12-4-5-17-15(6-12)19(3)9-14-7-13(16)10-20-14/h4-7,10-11,18H,8-9H2,1-3H3. The Morgan fingerprint density at radius 1 is 1.40 bits per heavy atom. The van der Waals surface area contributed by atoms with Crippen molar-refractivity contribution in [1.29, 1.82) is 0 Å². The Morgan fingerprint density at radius 3 is 2.85 bits per heavy atom. The van der Waals surface area contributed by atoms with E-state index in [0.29, 0.717) is 6.04 Å². The van der Waals surface area contributed by atoms with E-state index < -0.39 is 0 Å². The van der Waals surface area contributed by atoms with Crippen LogP contribution in [-0.4, -0.2) is 18.1 Å². The van der Waals surface area contributed by atoms with Gasteiger partial charge < -0.3 is 10.2 Å². The van der Waals surface area contributed by atoms with Crippen molar-refractivity contribution in [3.8, 4) is 0 Å². The third kappa shape index (κ3) is 4.58. The highest BCUT2D eigenvalue weighted by Gasteiger charge is 2.06. The van der Waals surface area contributed by atoms with Gasteiger partial charge in [0.2, 0.25) is 0 Å². The molecule has 0 spiro atoms. The van der Waals surface area contributed by atoms with Gasteiger partial charge in [-0.1, -0.05) is 13.8 Å². The third-order valence-corrected chi connectivity index (χ3v) is 4.61. The predicted octanol–water partition coefficient (Wildman–Crippen LogP) is 4.04. The Bertz CT molecular complexity index is 554. The SMILES string of the molecule is CC(C)NCc1ccnc(N(C)Cc2cc(Br)cs2)c1. The molecule has 0 saturated heterocycles. The molecular weight excluding hydrogens is 334 g/mol. The number of aromatic nitrogens is 1. The van der Waals surface area contributed by atoms with Crippen LogP contribution in [0, 0.1) is 0 Å². The van der Waals surface area contributed by atoms with Gasteiger partial charge in [-0.15, -0.1) is 11.3 Å². The summed E-state index contributed by atoms with van der Waals surface area (Å²) in [6.45, 7) is 6.07. The molecule has 0 amide bonds. The summed E-state index contributed by atoms with van der Waals surface area (Å²) in [6, 6.07) is 6.87. The van der Waals surface area contributed by atoms with Crippen LogP contribution < -0.4 is 10.2 Å². The second-order valence-corrected chi connectivity index (χ2v) is 7.06. The molecule has 108 valence electrons. The van der Waals surface area contributed by atoms with Crippen LogP contribution in [0.2, 0.25) is 0 Å². The molecule has 5 heteroatoms. The third-order valence-electron chi connectivity index (χ3n) is 2.93. The lowest BCUT2D eigenvalue weighted by Gasteiger charge is -2.18. The molecule has 0 fully saturated rings. The highest BCUT2D eigenvalue weighted by molar-refractivity contribution is 9.10. The van der Waals surface area contributed by atoms with Crippen molar-refractivity contribution in [2.24, 2.45) is 0 Å². The van der Waals surface area contributed by atoms with Crippen molar-refractivity contribution in [2.45, 2.75) is 33.0 Å². The van der Waals surface area contributed by atoms with Crippen molar-refractivity contribution >= 4 is 33.1 Å². The van der Waals surface area contributed by atoms with Gasteiger partial charge in [0.25, 0.3) is 0 Å². The zero-order chi connectivity index (χ0) is 14.5. The zero-order valence-corrected chi connectivity index (χ0v) is 14.5. The molecule has 3 nitrogen and oxygen atoms in total. The molecule has 0 unspecified atom stereocenters. The number of hydrogen-bond acceptors (Lipinski definition) is 4. The number of rotatable bonds is 6. The fourth-order valence-corrected chi connectivity index (χ4v) is 3.36. The topological polar surface area (TPSA) is 28.2 Å². The molecule has 2 aromatic rings. The van der Waals surface area contributed by atoms with Gasteiger partial charge in [-0.05, 0) is 39.7 Å². The molecule has 0 radical (unpaired) electrons. The van der Waals surface area contributed by atoms with E-state index in [2.05, 4.69) is 75.6 Å². The van der Waals surface area contributed by atoms with Gasteiger partial charge in [-0.2, -0.15) is 0 Å². The van der Waals surface area contributed by atoms with Crippen molar-refractivity contribution in [2.75, 3.05) is 11.9 Å². The Morgan fingerprint density at radius 2 is 2.20 bits per heavy atom. The lowest BCUT2D eigenvalue weighted by Crippen LogP contribution is -2.22. The van der Waals surface area contributed by atoms with Crippen LogP contribution in [-0.2, 0) is 13.1 Å². The molecular formula is C15H20BrN3S. The molecule has 2 heterocycles. The Kier molecular flexibility index (Phi) is 5.57. The number of halogens is 1. The molecule has 2 aromatic heterocycles. The van der Waals surface area contributed by atoms with Gasteiger partial charge in [0.1, 0.15) is 5.82 Å². The van der Waals surface area contributed by atoms with E-state index >= 15 is 0 Å². The maximum absolute atomic E-state index is 4.46. The number of nitrogens with zero attached hydrogens (tertiary/aromatic N) is 2. The van der Waals surface area contributed by atoms with Crippen molar-refractivity contribution < 1.29 is 0 Å². The lowest BCUT2D eigenvalue weighted by atomic mass is 10.2. The number of anilines is 1. The van der Waals surface area contributed by atoms with Crippen molar-refractivity contribution in [3.63, 3.8) is 0 Å². The monoisotopic (exact) mass is 353 g/mol. The second-order valence-electron chi connectivity index (χ2n) is 5.15. The average molecular weight is 354 g/mol. The summed E-state index contributed by atoms with van der Waals surface area (Å²) in [5, 5.41) is 5.54. The first-order valence-corrected chi connectivity index (χ1v) is 8.34.